The number of likely N-dealkylation sites (tertiary alicyclic amines) is 6. The van der Waals surface area contributed by atoms with E-state index in [1.807, 2.05) is 55.4 Å². The van der Waals surface area contributed by atoms with E-state index in [9.17, 15) is 19.2 Å². The van der Waals surface area contributed by atoms with Gasteiger partial charge in [0.05, 0.1) is 115 Å². The van der Waals surface area contributed by atoms with Gasteiger partial charge >= 0.3 is 5.97 Å². The molecule has 20 heteroatoms. The summed E-state index contributed by atoms with van der Waals surface area (Å²) in [7, 11) is 10.8. The standard InChI is InChI=1S/C53H88N6O14/c1-34(2)41(60)54-22-35(16-48(54,3)28-67-9)42(61)55-23-36(17-49(55,4)29-68-10)43(62)56-24-37(18-50(56,5)30-69-11)44(63)57-25-38(19-51(57,6)31-70-12)45(64)58-26-39(20-52(58,7)32-71-13)46(65)59-27-40(47(66)73-15)21-53(59,8)33-72-14/h34-40H,16-33H2,1-15H3/t35-,36-,37-,38-,39-,40-,48-,49-,50-,51-,52-,53-/m0/s1. The lowest BCUT2D eigenvalue weighted by Crippen LogP contribution is -2.51. The van der Waals surface area contributed by atoms with E-state index in [2.05, 4.69) is 0 Å². The van der Waals surface area contributed by atoms with E-state index in [1.54, 1.807) is 72.1 Å². The zero-order chi connectivity index (χ0) is 54.2. The largest absolute Gasteiger partial charge is 0.469 e. The topological polar surface area (TPSA) is 204 Å². The van der Waals surface area contributed by atoms with Crippen LogP contribution in [0, 0.1) is 41.4 Å². The van der Waals surface area contributed by atoms with Gasteiger partial charge in [-0.2, -0.15) is 0 Å². The average molecular weight is 1030 g/mol. The molecule has 6 rings (SSSR count). The molecule has 6 aliphatic heterocycles. The van der Waals surface area contributed by atoms with Gasteiger partial charge in [0.15, 0.2) is 0 Å². The number of nitrogens with zero attached hydrogens (tertiary/aromatic N) is 6. The highest BCUT2D eigenvalue weighted by Crippen LogP contribution is 2.46. The molecule has 6 heterocycles. The predicted octanol–water partition coefficient (Wildman–Crippen LogP) is 2.34. The number of methoxy groups -OCH3 is 7. The van der Waals surface area contributed by atoms with Crippen molar-refractivity contribution in [2.75, 3.05) is 129 Å². The molecule has 0 aromatic carbocycles. The molecule has 0 radical (unpaired) electrons. The van der Waals surface area contributed by atoms with Crippen LogP contribution in [0.2, 0.25) is 0 Å². The number of carbonyl (C=O) groups excluding carboxylic acids is 7. The predicted molar refractivity (Wildman–Crippen MR) is 267 cm³/mol. The summed E-state index contributed by atoms with van der Waals surface area (Å²) >= 11 is 0. The lowest BCUT2D eigenvalue weighted by molar-refractivity contribution is -0.146. The highest BCUT2D eigenvalue weighted by molar-refractivity contribution is 5.90. The molecule has 73 heavy (non-hydrogen) atoms. The van der Waals surface area contributed by atoms with Crippen molar-refractivity contribution in [2.45, 2.75) is 127 Å². The van der Waals surface area contributed by atoms with Gasteiger partial charge in [-0.25, -0.2) is 0 Å². The van der Waals surface area contributed by atoms with Crippen LogP contribution in [0.4, 0.5) is 0 Å². The van der Waals surface area contributed by atoms with Crippen molar-refractivity contribution >= 4 is 41.4 Å². The monoisotopic (exact) mass is 1030 g/mol. The fraction of sp³-hybridized carbons (Fsp3) is 0.868. The molecular formula is C53H88N6O14. The van der Waals surface area contributed by atoms with Crippen LogP contribution < -0.4 is 0 Å². The van der Waals surface area contributed by atoms with Crippen molar-refractivity contribution in [3.05, 3.63) is 0 Å². The lowest BCUT2D eigenvalue weighted by atomic mass is 9.90. The first-order chi connectivity index (χ1) is 34.2. The SMILES string of the molecule is COC[C@]1(C)C[C@H](C(=O)N2C[C@@H](C(=O)N3C[C@@H](C(=O)N4C[C@@H](C(=O)N5C[C@@H](C(=O)N6C[C@@H](C(=O)OC)C[C@@]6(C)COC)C[C@@]5(C)COC)C[C@@]4(C)COC)C[C@@]3(C)COC)C[C@@]2(C)COC)CN1C(=O)C(C)C. The Morgan fingerprint density at radius 1 is 0.356 bits per heavy atom. The van der Waals surface area contributed by atoms with Crippen LogP contribution in [-0.2, 0) is 66.7 Å². The second-order valence-electron chi connectivity index (χ2n) is 24.4. The zero-order valence-electron chi connectivity index (χ0n) is 46.7. The van der Waals surface area contributed by atoms with Gasteiger partial charge in [-0.05, 0) is 80.1 Å². The summed E-state index contributed by atoms with van der Waals surface area (Å²) in [5, 5.41) is 0. The molecule has 6 amide bonds. The van der Waals surface area contributed by atoms with Crippen LogP contribution in [0.5, 0.6) is 0 Å². The highest BCUT2D eigenvalue weighted by atomic mass is 16.5. The Bertz CT molecular complexity index is 2080. The Labute approximate surface area is 433 Å². The van der Waals surface area contributed by atoms with E-state index in [1.165, 1.54) is 7.11 Å². The van der Waals surface area contributed by atoms with E-state index < -0.39 is 68.7 Å². The van der Waals surface area contributed by atoms with Gasteiger partial charge in [-0.1, -0.05) is 13.8 Å². The minimum Gasteiger partial charge on any atom is -0.469 e. The van der Waals surface area contributed by atoms with Crippen LogP contribution in [-0.4, -0.2) is 233 Å². The van der Waals surface area contributed by atoms with Crippen molar-refractivity contribution in [1.29, 1.82) is 0 Å². The van der Waals surface area contributed by atoms with E-state index in [4.69, 9.17) is 33.2 Å². The fourth-order valence-electron chi connectivity index (χ4n) is 14.3. The van der Waals surface area contributed by atoms with Gasteiger partial charge in [0, 0.05) is 87.8 Å². The van der Waals surface area contributed by atoms with Gasteiger partial charge in [0.1, 0.15) is 0 Å². The molecule has 0 aromatic heterocycles. The molecule has 0 saturated carbocycles. The molecule has 0 N–H and O–H groups in total. The number of amides is 6. The first-order valence-corrected chi connectivity index (χ1v) is 26.1. The number of esters is 1. The molecule has 0 spiro atoms. The molecule has 12 atom stereocenters. The molecule has 0 unspecified atom stereocenters. The molecule has 414 valence electrons. The molecule has 6 aliphatic rings. The molecule has 6 saturated heterocycles. The summed E-state index contributed by atoms with van der Waals surface area (Å²) in [5.74, 6) is -5.00. The van der Waals surface area contributed by atoms with Crippen LogP contribution in [0.15, 0.2) is 0 Å². The maximum absolute atomic E-state index is 15.2. The molecule has 0 bridgehead atoms. The summed E-state index contributed by atoms with van der Waals surface area (Å²) in [6, 6.07) is 0. The Kier molecular flexibility index (Phi) is 17.8. The lowest BCUT2D eigenvalue weighted by Gasteiger charge is -2.36. The maximum atomic E-state index is 15.2. The Morgan fingerprint density at radius 3 is 0.753 bits per heavy atom. The summed E-state index contributed by atoms with van der Waals surface area (Å²) in [5.41, 5.74) is -4.84. The van der Waals surface area contributed by atoms with Crippen molar-refractivity contribution in [1.82, 2.24) is 29.4 Å². The second-order valence-corrected chi connectivity index (χ2v) is 24.4. The maximum Gasteiger partial charge on any atom is 0.310 e. The van der Waals surface area contributed by atoms with E-state index in [-0.39, 0.29) is 126 Å². The van der Waals surface area contributed by atoms with Gasteiger partial charge in [-0.3, -0.25) is 33.6 Å². The third-order valence-corrected chi connectivity index (χ3v) is 17.5. The summed E-state index contributed by atoms with van der Waals surface area (Å²) in [4.78, 5) is 111. The van der Waals surface area contributed by atoms with Crippen molar-refractivity contribution < 1.29 is 66.7 Å². The average Bonchev–Trinajstić information content (AvgIpc) is 4.17. The second kappa shape index (κ2) is 22.3. The number of rotatable bonds is 19. The molecule has 0 aromatic rings. The smallest absolute Gasteiger partial charge is 0.310 e. The molecular weight excluding hydrogens is 945 g/mol. The highest BCUT2D eigenvalue weighted by Gasteiger charge is 2.60. The quantitative estimate of drug-likeness (QED) is 0.171. The molecule has 6 fully saturated rings. The number of ether oxygens (including phenoxy) is 7. The normalized spacial score (nSPS) is 36.5. The number of hydrogen-bond donors (Lipinski definition) is 0. The summed E-state index contributed by atoms with van der Waals surface area (Å²) in [6.07, 6.45) is 2.11. The minimum absolute atomic E-state index is 0.0428. The summed E-state index contributed by atoms with van der Waals surface area (Å²) < 4.78 is 39.1. The van der Waals surface area contributed by atoms with Crippen LogP contribution in [0.1, 0.15) is 93.9 Å². The first kappa shape index (κ1) is 58.3. The van der Waals surface area contributed by atoms with Crippen LogP contribution in [0.25, 0.3) is 0 Å². The zero-order valence-corrected chi connectivity index (χ0v) is 46.7. The van der Waals surface area contributed by atoms with Gasteiger partial charge < -0.3 is 62.6 Å². The van der Waals surface area contributed by atoms with E-state index in [0.29, 0.717) is 38.5 Å². The van der Waals surface area contributed by atoms with Gasteiger partial charge in [0.25, 0.3) is 0 Å². The Hall–Kier alpha value is -3.95. The summed E-state index contributed by atoms with van der Waals surface area (Å²) in [6.45, 7) is 17.5. The molecule has 20 nitrogen and oxygen atoms in total. The number of carbonyl (C=O) groups is 7. The van der Waals surface area contributed by atoms with E-state index >= 15 is 14.4 Å². The minimum atomic E-state index is -0.878. The van der Waals surface area contributed by atoms with Gasteiger partial charge in [-0.15, -0.1) is 0 Å². The third-order valence-electron chi connectivity index (χ3n) is 17.5. The number of hydrogen-bond acceptors (Lipinski definition) is 14. The van der Waals surface area contributed by atoms with Crippen molar-refractivity contribution in [3.8, 4) is 0 Å². The Balaban J connectivity index is 1.21. The van der Waals surface area contributed by atoms with Crippen molar-refractivity contribution in [3.63, 3.8) is 0 Å². The van der Waals surface area contributed by atoms with Gasteiger partial charge in [0.2, 0.25) is 35.4 Å². The van der Waals surface area contributed by atoms with Crippen LogP contribution in [0.3, 0.4) is 0 Å². The van der Waals surface area contributed by atoms with Crippen molar-refractivity contribution in [2.24, 2.45) is 41.4 Å². The van der Waals surface area contributed by atoms with E-state index in [0.717, 1.165) is 0 Å². The third kappa shape index (κ3) is 11.0. The molecule has 0 aliphatic carbocycles. The fourth-order valence-corrected chi connectivity index (χ4v) is 14.3. The first-order valence-electron chi connectivity index (χ1n) is 26.1. The Morgan fingerprint density at radius 2 is 0.548 bits per heavy atom. The van der Waals surface area contributed by atoms with Crippen LogP contribution >= 0.6 is 0 Å².